The summed E-state index contributed by atoms with van der Waals surface area (Å²) < 4.78 is 0. The highest BCUT2D eigenvalue weighted by Gasteiger charge is 2.12. The number of thiazole rings is 1. The highest BCUT2D eigenvalue weighted by molar-refractivity contribution is 7.18. The molecule has 2 nitrogen and oxygen atoms in total. The molecule has 0 bridgehead atoms. The van der Waals surface area contributed by atoms with Crippen LogP contribution in [0.15, 0.2) is 6.07 Å². The van der Waals surface area contributed by atoms with Crippen LogP contribution in [-0.4, -0.2) is 4.98 Å². The highest BCUT2D eigenvalue weighted by Crippen LogP contribution is 2.36. The van der Waals surface area contributed by atoms with E-state index < -0.39 is 0 Å². The van der Waals surface area contributed by atoms with E-state index in [0.29, 0.717) is 5.13 Å². The molecule has 2 heterocycles. The van der Waals surface area contributed by atoms with Gasteiger partial charge < -0.3 is 5.73 Å². The van der Waals surface area contributed by atoms with E-state index in [2.05, 4.69) is 31.8 Å². The van der Waals surface area contributed by atoms with Crippen molar-refractivity contribution in [1.82, 2.24) is 4.98 Å². The van der Waals surface area contributed by atoms with Crippen molar-refractivity contribution >= 4 is 27.8 Å². The van der Waals surface area contributed by atoms with Gasteiger partial charge in [0.15, 0.2) is 5.13 Å². The lowest BCUT2D eigenvalue weighted by atomic mass is 10.2. The molecule has 0 amide bonds. The van der Waals surface area contributed by atoms with Crippen LogP contribution in [0.25, 0.3) is 10.6 Å². The number of hydrogen-bond acceptors (Lipinski definition) is 4. The van der Waals surface area contributed by atoms with Crippen LogP contribution in [0.5, 0.6) is 0 Å². The Bertz CT molecular complexity index is 424. The van der Waals surface area contributed by atoms with E-state index in [1.165, 1.54) is 20.2 Å². The Labute approximate surface area is 91.4 Å². The van der Waals surface area contributed by atoms with Gasteiger partial charge in [-0.15, -0.1) is 22.7 Å². The number of nitrogen functional groups attached to an aromatic ring is 1. The van der Waals surface area contributed by atoms with Gasteiger partial charge in [0.25, 0.3) is 0 Å². The van der Waals surface area contributed by atoms with Gasteiger partial charge in [-0.25, -0.2) is 4.98 Å². The molecule has 74 valence electrons. The molecular weight excluding hydrogens is 212 g/mol. The van der Waals surface area contributed by atoms with Crippen LogP contribution in [0.1, 0.15) is 15.3 Å². The highest BCUT2D eigenvalue weighted by atomic mass is 32.1. The Hall–Kier alpha value is -0.870. The summed E-state index contributed by atoms with van der Waals surface area (Å²) in [7, 11) is 0. The first-order chi connectivity index (χ1) is 6.58. The van der Waals surface area contributed by atoms with E-state index in [9.17, 15) is 0 Å². The van der Waals surface area contributed by atoms with Gasteiger partial charge in [-0.05, 0) is 32.4 Å². The fourth-order valence-electron chi connectivity index (χ4n) is 1.50. The van der Waals surface area contributed by atoms with Crippen LogP contribution in [0, 0.1) is 20.8 Å². The molecule has 2 aromatic rings. The predicted octanol–water partition coefficient (Wildman–Crippen LogP) is 3.38. The number of anilines is 1. The van der Waals surface area contributed by atoms with Crippen molar-refractivity contribution in [3.05, 3.63) is 21.4 Å². The summed E-state index contributed by atoms with van der Waals surface area (Å²) in [5.41, 5.74) is 8.04. The minimum atomic E-state index is 0.656. The van der Waals surface area contributed by atoms with Gasteiger partial charge in [0.05, 0.1) is 10.6 Å². The predicted molar refractivity (Wildman–Crippen MR) is 64.1 cm³/mol. The zero-order chi connectivity index (χ0) is 10.3. The molecule has 4 heteroatoms. The van der Waals surface area contributed by atoms with Crippen molar-refractivity contribution in [2.24, 2.45) is 0 Å². The zero-order valence-electron chi connectivity index (χ0n) is 8.42. The zero-order valence-corrected chi connectivity index (χ0v) is 10.1. The molecule has 0 aromatic carbocycles. The second-order valence-electron chi connectivity index (χ2n) is 3.33. The molecule has 2 N–H and O–H groups in total. The van der Waals surface area contributed by atoms with Crippen LogP contribution < -0.4 is 5.73 Å². The first-order valence-electron chi connectivity index (χ1n) is 4.38. The van der Waals surface area contributed by atoms with Crippen molar-refractivity contribution < 1.29 is 0 Å². The number of nitrogens with zero attached hydrogens (tertiary/aromatic N) is 1. The molecule has 0 saturated carbocycles. The lowest BCUT2D eigenvalue weighted by Gasteiger charge is -1.94. The molecule has 0 atom stereocenters. The van der Waals surface area contributed by atoms with Gasteiger partial charge in [-0.2, -0.15) is 0 Å². The summed E-state index contributed by atoms with van der Waals surface area (Å²) in [6.07, 6.45) is 0. The quantitative estimate of drug-likeness (QED) is 0.806. The number of aryl methyl sites for hydroxylation is 3. The SMILES string of the molecule is Cc1cc(C)c(-c2nc(N)sc2C)s1. The lowest BCUT2D eigenvalue weighted by molar-refractivity contribution is 1.38. The molecule has 0 aliphatic rings. The average Bonchev–Trinajstić information content (AvgIpc) is 2.55. The van der Waals surface area contributed by atoms with E-state index in [-0.39, 0.29) is 0 Å². The van der Waals surface area contributed by atoms with Crippen LogP contribution in [0.4, 0.5) is 5.13 Å². The van der Waals surface area contributed by atoms with E-state index >= 15 is 0 Å². The van der Waals surface area contributed by atoms with Crippen molar-refractivity contribution in [1.29, 1.82) is 0 Å². The summed E-state index contributed by atoms with van der Waals surface area (Å²) in [4.78, 5) is 8.14. The number of hydrogen-bond donors (Lipinski definition) is 1. The first-order valence-corrected chi connectivity index (χ1v) is 6.01. The molecule has 2 aromatic heterocycles. The van der Waals surface area contributed by atoms with Gasteiger partial charge in [0, 0.05) is 9.75 Å². The summed E-state index contributed by atoms with van der Waals surface area (Å²) >= 11 is 3.34. The third kappa shape index (κ3) is 1.55. The Morgan fingerprint density at radius 1 is 1.21 bits per heavy atom. The maximum Gasteiger partial charge on any atom is 0.180 e. The Kier molecular flexibility index (Phi) is 2.33. The Balaban J connectivity index is 2.59. The van der Waals surface area contributed by atoms with E-state index in [4.69, 9.17) is 5.73 Å². The van der Waals surface area contributed by atoms with Gasteiger partial charge in [-0.3, -0.25) is 0 Å². The topological polar surface area (TPSA) is 38.9 Å². The van der Waals surface area contributed by atoms with Crippen LogP contribution in [-0.2, 0) is 0 Å². The Morgan fingerprint density at radius 2 is 1.93 bits per heavy atom. The normalized spacial score (nSPS) is 10.8. The smallest absolute Gasteiger partial charge is 0.180 e. The van der Waals surface area contributed by atoms with Gasteiger partial charge >= 0.3 is 0 Å². The lowest BCUT2D eigenvalue weighted by Crippen LogP contribution is -1.82. The number of aromatic nitrogens is 1. The third-order valence-electron chi connectivity index (χ3n) is 2.07. The molecule has 0 unspecified atom stereocenters. The van der Waals surface area contributed by atoms with Crippen LogP contribution in [0.2, 0.25) is 0 Å². The first kappa shape index (κ1) is 9.68. The standard InChI is InChI=1S/C10H12N2S2/c1-5-4-6(2)13-9(5)8-7(3)14-10(11)12-8/h4H,1-3H3,(H2,11,12). The molecule has 0 spiro atoms. The fraction of sp³-hybridized carbons (Fsp3) is 0.300. The minimum Gasteiger partial charge on any atom is -0.375 e. The van der Waals surface area contributed by atoms with Crippen molar-refractivity contribution in [3.8, 4) is 10.6 Å². The Morgan fingerprint density at radius 3 is 2.36 bits per heavy atom. The second kappa shape index (κ2) is 3.37. The van der Waals surface area contributed by atoms with Gasteiger partial charge in [0.1, 0.15) is 0 Å². The maximum absolute atomic E-state index is 5.69. The molecular formula is C10H12N2S2. The molecule has 0 saturated heterocycles. The molecule has 2 rings (SSSR count). The number of nitrogens with two attached hydrogens (primary N) is 1. The molecule has 0 aliphatic carbocycles. The number of thiophene rings is 1. The minimum absolute atomic E-state index is 0.656. The summed E-state index contributed by atoms with van der Waals surface area (Å²) in [6.45, 7) is 6.30. The summed E-state index contributed by atoms with van der Waals surface area (Å²) in [6, 6.07) is 2.19. The largest absolute Gasteiger partial charge is 0.375 e. The fourth-order valence-corrected chi connectivity index (χ4v) is 3.34. The van der Waals surface area contributed by atoms with Gasteiger partial charge in [0.2, 0.25) is 0 Å². The third-order valence-corrected chi connectivity index (χ3v) is 4.03. The molecule has 0 fully saturated rings. The average molecular weight is 224 g/mol. The monoisotopic (exact) mass is 224 g/mol. The second-order valence-corrected chi connectivity index (χ2v) is 5.82. The van der Waals surface area contributed by atoms with E-state index in [1.54, 1.807) is 22.7 Å². The van der Waals surface area contributed by atoms with Crippen molar-refractivity contribution in [2.45, 2.75) is 20.8 Å². The van der Waals surface area contributed by atoms with Crippen LogP contribution >= 0.6 is 22.7 Å². The van der Waals surface area contributed by atoms with E-state index in [0.717, 1.165) is 5.69 Å². The number of rotatable bonds is 1. The van der Waals surface area contributed by atoms with Crippen molar-refractivity contribution in [3.63, 3.8) is 0 Å². The van der Waals surface area contributed by atoms with Gasteiger partial charge in [-0.1, -0.05) is 0 Å². The maximum atomic E-state index is 5.69. The summed E-state index contributed by atoms with van der Waals surface area (Å²) in [5.74, 6) is 0. The molecule has 0 radical (unpaired) electrons. The van der Waals surface area contributed by atoms with Crippen LogP contribution in [0.3, 0.4) is 0 Å². The van der Waals surface area contributed by atoms with Crippen molar-refractivity contribution in [2.75, 3.05) is 5.73 Å². The summed E-state index contributed by atoms with van der Waals surface area (Å²) in [5, 5.41) is 0.656. The molecule has 14 heavy (non-hydrogen) atoms. The molecule has 0 aliphatic heterocycles. The van der Waals surface area contributed by atoms with E-state index in [1.807, 2.05) is 0 Å².